The second-order valence-corrected chi connectivity index (χ2v) is 11.4. The molecule has 0 saturated heterocycles. The third-order valence-corrected chi connectivity index (χ3v) is 8.27. The zero-order valence-corrected chi connectivity index (χ0v) is 25.1. The van der Waals surface area contributed by atoms with E-state index in [0.717, 1.165) is 32.4 Å². The van der Waals surface area contributed by atoms with Crippen molar-refractivity contribution in [2.24, 2.45) is 0 Å². The molecule has 7 rings (SSSR count). The molecule has 8 nitrogen and oxygen atoms in total. The highest BCUT2D eigenvalue weighted by molar-refractivity contribution is 9.10. The predicted octanol–water partition coefficient (Wildman–Crippen LogP) is 7.48. The number of pyridine rings is 1. The van der Waals surface area contributed by atoms with Gasteiger partial charge >= 0.3 is 5.97 Å². The highest BCUT2D eigenvalue weighted by Gasteiger charge is 2.29. The number of carbonyl (C=O) groups excluding carboxylic acids is 1. The van der Waals surface area contributed by atoms with Gasteiger partial charge in [0, 0.05) is 26.9 Å². The molecule has 1 N–H and O–H groups in total. The zero-order chi connectivity index (χ0) is 30.4. The number of aromatic nitrogens is 1. The molecule has 2 aliphatic rings. The first-order chi connectivity index (χ1) is 21.4. The van der Waals surface area contributed by atoms with Crippen LogP contribution in [0.15, 0.2) is 95.5 Å². The van der Waals surface area contributed by atoms with E-state index < -0.39 is 5.97 Å². The summed E-state index contributed by atoms with van der Waals surface area (Å²) >= 11 is 3.52. The quantitative estimate of drug-likeness (QED) is 0.204. The van der Waals surface area contributed by atoms with Crippen molar-refractivity contribution in [1.82, 2.24) is 4.98 Å². The number of hydrogen-bond donors (Lipinski definition) is 1. The summed E-state index contributed by atoms with van der Waals surface area (Å²) in [5.74, 6) is 0.596. The minimum Gasteiger partial charge on any atom is -0.493 e. The molecule has 1 amide bonds. The maximum Gasteiger partial charge on any atom is 0.335 e. The molecular weight excluding hydrogens is 624 g/mol. The number of anilines is 1. The number of carboxylic acids is 1. The Bertz CT molecular complexity index is 1940. The van der Waals surface area contributed by atoms with Crippen LogP contribution in [0, 0.1) is 0 Å². The topological polar surface area (TPSA) is 98.2 Å². The standard InChI is InChI=1S/C35H25BrN2O6/c1-42-31-17-24(18-32-33(31)44-12-11-43-32)23-15-29(20-5-8-26(36)9-6-20)37-30(16-23)21-3-2-4-27(14-21)38-19-25-13-22(35(40)41)7-10-28(25)34(38)39/h2-10,13-18H,11-12,19H2,1H3,(H,40,41). The van der Waals surface area contributed by atoms with Crippen LogP contribution < -0.4 is 19.1 Å². The Morgan fingerprint density at radius 3 is 2.39 bits per heavy atom. The SMILES string of the molecule is COc1cc(-c2cc(-c3ccc(Br)cc3)nc(-c3cccc(N4Cc5cc(C(=O)O)ccc5C4=O)c3)c2)cc2c1OCCO2. The molecule has 0 spiro atoms. The molecule has 3 heterocycles. The minimum atomic E-state index is -1.02. The van der Waals surface area contributed by atoms with Gasteiger partial charge in [-0.15, -0.1) is 0 Å². The van der Waals surface area contributed by atoms with Gasteiger partial charge in [0.2, 0.25) is 5.75 Å². The Morgan fingerprint density at radius 2 is 1.61 bits per heavy atom. The minimum absolute atomic E-state index is 0.157. The lowest BCUT2D eigenvalue weighted by Gasteiger charge is -2.22. The van der Waals surface area contributed by atoms with Crippen molar-refractivity contribution >= 4 is 33.5 Å². The third-order valence-electron chi connectivity index (χ3n) is 7.74. The van der Waals surface area contributed by atoms with Crippen molar-refractivity contribution in [3.8, 4) is 50.9 Å². The van der Waals surface area contributed by atoms with Crippen LogP contribution in [0.25, 0.3) is 33.6 Å². The first-order valence-corrected chi connectivity index (χ1v) is 14.7. The summed E-state index contributed by atoms with van der Waals surface area (Å²) < 4.78 is 18.3. The molecule has 44 heavy (non-hydrogen) atoms. The van der Waals surface area contributed by atoms with E-state index in [1.165, 1.54) is 6.07 Å². The van der Waals surface area contributed by atoms with Crippen LogP contribution in [0.2, 0.25) is 0 Å². The summed E-state index contributed by atoms with van der Waals surface area (Å²) in [7, 11) is 1.61. The van der Waals surface area contributed by atoms with Crippen molar-refractivity contribution in [3.63, 3.8) is 0 Å². The van der Waals surface area contributed by atoms with Crippen LogP contribution in [0.5, 0.6) is 17.2 Å². The maximum absolute atomic E-state index is 13.3. The lowest BCUT2D eigenvalue weighted by Crippen LogP contribution is -2.22. The fourth-order valence-corrected chi connectivity index (χ4v) is 5.81. The third kappa shape index (κ3) is 5.05. The van der Waals surface area contributed by atoms with Crippen LogP contribution in [-0.4, -0.2) is 42.3 Å². The molecule has 0 unspecified atom stereocenters. The van der Waals surface area contributed by atoms with Gasteiger partial charge < -0.3 is 24.2 Å². The van der Waals surface area contributed by atoms with Crippen LogP contribution in [0.4, 0.5) is 5.69 Å². The van der Waals surface area contributed by atoms with Crippen molar-refractivity contribution in [3.05, 3.63) is 112 Å². The summed E-state index contributed by atoms with van der Waals surface area (Å²) in [4.78, 5) is 31.5. The van der Waals surface area contributed by atoms with Crippen LogP contribution >= 0.6 is 15.9 Å². The number of amides is 1. The fourth-order valence-electron chi connectivity index (χ4n) is 5.55. The van der Waals surface area contributed by atoms with Crippen molar-refractivity contribution in [2.45, 2.75) is 6.54 Å². The van der Waals surface area contributed by atoms with Crippen molar-refractivity contribution in [2.75, 3.05) is 25.2 Å². The second kappa shape index (κ2) is 11.2. The molecule has 0 bridgehead atoms. The number of methoxy groups -OCH3 is 1. The average Bonchev–Trinajstić information content (AvgIpc) is 3.39. The summed E-state index contributed by atoms with van der Waals surface area (Å²) in [5.41, 5.74) is 7.07. The van der Waals surface area contributed by atoms with Crippen LogP contribution in [-0.2, 0) is 6.54 Å². The Labute approximate surface area is 261 Å². The zero-order valence-electron chi connectivity index (χ0n) is 23.5. The number of carboxylic acid groups (broad SMARTS) is 1. The number of hydrogen-bond acceptors (Lipinski definition) is 6. The summed E-state index contributed by atoms with van der Waals surface area (Å²) in [6.07, 6.45) is 0. The fraction of sp³-hybridized carbons (Fsp3) is 0.114. The van der Waals surface area contributed by atoms with E-state index in [1.807, 2.05) is 72.8 Å². The Balaban J connectivity index is 1.32. The number of fused-ring (bicyclic) bond motifs is 2. The summed E-state index contributed by atoms with van der Waals surface area (Å²) in [5, 5.41) is 9.41. The van der Waals surface area contributed by atoms with Crippen molar-refractivity contribution < 1.29 is 28.9 Å². The first-order valence-electron chi connectivity index (χ1n) is 13.9. The average molecular weight is 649 g/mol. The molecule has 2 aliphatic heterocycles. The smallest absolute Gasteiger partial charge is 0.335 e. The maximum atomic E-state index is 13.3. The highest BCUT2D eigenvalue weighted by atomic mass is 79.9. The van der Waals surface area contributed by atoms with E-state index in [4.69, 9.17) is 19.2 Å². The van der Waals surface area contributed by atoms with Gasteiger partial charge in [0.15, 0.2) is 11.5 Å². The van der Waals surface area contributed by atoms with Crippen molar-refractivity contribution in [1.29, 1.82) is 0 Å². The van der Waals surface area contributed by atoms with Gasteiger partial charge in [-0.2, -0.15) is 0 Å². The van der Waals surface area contributed by atoms with Gasteiger partial charge in [0.25, 0.3) is 5.91 Å². The monoisotopic (exact) mass is 648 g/mol. The largest absolute Gasteiger partial charge is 0.493 e. The number of nitrogens with zero attached hydrogens (tertiary/aromatic N) is 2. The summed E-state index contributed by atoms with van der Waals surface area (Å²) in [6.45, 7) is 1.19. The van der Waals surface area contributed by atoms with Gasteiger partial charge in [-0.05, 0) is 83.4 Å². The number of rotatable bonds is 6. The first kappa shape index (κ1) is 27.7. The second-order valence-electron chi connectivity index (χ2n) is 10.5. The highest BCUT2D eigenvalue weighted by Crippen LogP contribution is 2.44. The van der Waals surface area contributed by atoms with E-state index in [1.54, 1.807) is 24.1 Å². The molecule has 9 heteroatoms. The Kier molecular flexibility index (Phi) is 7.02. The molecule has 0 aliphatic carbocycles. The molecular formula is C35H25BrN2O6. The van der Waals surface area contributed by atoms with Gasteiger partial charge in [-0.3, -0.25) is 4.79 Å². The summed E-state index contributed by atoms with van der Waals surface area (Å²) in [6, 6.07) is 28.2. The molecule has 0 radical (unpaired) electrons. The molecule has 218 valence electrons. The van der Waals surface area contributed by atoms with Gasteiger partial charge in [-0.25, -0.2) is 9.78 Å². The normalized spacial score (nSPS) is 13.5. The molecule has 1 aromatic heterocycles. The van der Waals surface area contributed by atoms with E-state index in [2.05, 4.69) is 15.9 Å². The number of halogens is 1. The molecule has 5 aromatic rings. The number of benzene rings is 4. The lowest BCUT2D eigenvalue weighted by atomic mass is 9.99. The van der Waals surface area contributed by atoms with E-state index in [9.17, 15) is 14.7 Å². The molecule has 4 aromatic carbocycles. The van der Waals surface area contributed by atoms with E-state index in [0.29, 0.717) is 53.0 Å². The number of ether oxygens (including phenoxy) is 3. The van der Waals surface area contributed by atoms with Gasteiger partial charge in [-0.1, -0.05) is 40.2 Å². The molecule has 0 saturated carbocycles. The van der Waals surface area contributed by atoms with Gasteiger partial charge in [0.05, 0.1) is 30.6 Å². The van der Waals surface area contributed by atoms with Crippen LogP contribution in [0.1, 0.15) is 26.3 Å². The van der Waals surface area contributed by atoms with Crippen LogP contribution in [0.3, 0.4) is 0 Å². The van der Waals surface area contributed by atoms with Gasteiger partial charge in [0.1, 0.15) is 13.2 Å². The predicted molar refractivity (Wildman–Crippen MR) is 170 cm³/mol. The van der Waals surface area contributed by atoms with E-state index in [-0.39, 0.29) is 18.0 Å². The number of aromatic carboxylic acids is 1. The molecule has 0 fully saturated rings. The lowest BCUT2D eigenvalue weighted by molar-refractivity contribution is 0.0696. The van der Waals surface area contributed by atoms with E-state index >= 15 is 0 Å². The molecule has 0 atom stereocenters. The Morgan fingerprint density at radius 1 is 0.864 bits per heavy atom. The number of carbonyl (C=O) groups is 2. The Hall–Kier alpha value is -5.15.